The Morgan fingerprint density at radius 3 is 2.42 bits per heavy atom. The molecule has 0 atom stereocenters. The minimum absolute atomic E-state index is 0.0240. The van der Waals surface area contributed by atoms with Crippen LogP contribution in [-0.4, -0.2) is 28.3 Å². The molecule has 0 aromatic carbocycles. The number of aromatic amines is 1. The summed E-state index contributed by atoms with van der Waals surface area (Å²) >= 11 is -2.13. The molecule has 12 heavy (non-hydrogen) atoms. The summed E-state index contributed by atoms with van der Waals surface area (Å²) < 4.78 is 1.05. The van der Waals surface area contributed by atoms with Gasteiger partial charge in [-0.05, 0) is 0 Å². The fourth-order valence-electron chi connectivity index (χ4n) is 0.964. The third-order valence-corrected chi connectivity index (χ3v) is 6.75. The van der Waals surface area contributed by atoms with Crippen molar-refractivity contribution in [3.05, 3.63) is 22.2 Å². The van der Waals surface area contributed by atoms with Crippen molar-refractivity contribution in [2.45, 2.75) is 21.7 Å². The Balaban J connectivity index is 3.27. The first kappa shape index (κ1) is 9.76. The molecule has 0 aliphatic carbocycles. The SMILES string of the molecule is Cc1n[c]([Sn]([CH3])([CH3])[CH3])cc(=O)[nH]1. The Morgan fingerprint density at radius 2 is 2.00 bits per heavy atom. The molecule has 0 amide bonds. The van der Waals surface area contributed by atoms with Crippen molar-refractivity contribution >= 4 is 22.1 Å². The van der Waals surface area contributed by atoms with E-state index in [-0.39, 0.29) is 5.56 Å². The van der Waals surface area contributed by atoms with Crippen molar-refractivity contribution in [1.29, 1.82) is 0 Å². The van der Waals surface area contributed by atoms with Crippen molar-refractivity contribution in [2.24, 2.45) is 0 Å². The Kier molecular flexibility index (Phi) is 2.60. The van der Waals surface area contributed by atoms with Crippen LogP contribution in [0, 0.1) is 6.92 Å². The van der Waals surface area contributed by atoms with Crippen LogP contribution in [0.2, 0.25) is 14.8 Å². The Labute approximate surface area is 76.1 Å². The molecule has 3 nitrogen and oxygen atoms in total. The minimum atomic E-state index is -2.13. The Morgan fingerprint density at radius 1 is 1.42 bits per heavy atom. The van der Waals surface area contributed by atoms with Gasteiger partial charge in [-0.15, -0.1) is 0 Å². The summed E-state index contributed by atoms with van der Waals surface area (Å²) in [6.45, 7) is 1.82. The zero-order valence-corrected chi connectivity index (χ0v) is 10.8. The van der Waals surface area contributed by atoms with E-state index in [9.17, 15) is 4.79 Å². The van der Waals surface area contributed by atoms with Crippen LogP contribution in [0.15, 0.2) is 10.9 Å². The first-order chi connectivity index (χ1) is 5.39. The predicted molar refractivity (Wildman–Crippen MR) is 52.6 cm³/mol. The van der Waals surface area contributed by atoms with E-state index in [2.05, 4.69) is 24.8 Å². The summed E-state index contributed by atoms with van der Waals surface area (Å²) in [7, 11) is 0. The van der Waals surface area contributed by atoms with Gasteiger partial charge < -0.3 is 0 Å². The Bertz CT molecular complexity index is 338. The molecule has 4 heteroatoms. The number of aryl methyl sites for hydroxylation is 1. The molecule has 0 aliphatic heterocycles. The summed E-state index contributed by atoms with van der Waals surface area (Å²) in [5.41, 5.74) is -0.0240. The average molecular weight is 273 g/mol. The first-order valence-electron chi connectivity index (χ1n) is 3.98. The third-order valence-electron chi connectivity index (χ3n) is 1.63. The van der Waals surface area contributed by atoms with Gasteiger partial charge in [0, 0.05) is 0 Å². The molecule has 1 aromatic rings. The van der Waals surface area contributed by atoms with Crippen molar-refractivity contribution in [3.8, 4) is 0 Å². The van der Waals surface area contributed by atoms with Gasteiger partial charge in [0.1, 0.15) is 0 Å². The molecule has 0 fully saturated rings. The van der Waals surface area contributed by atoms with E-state index >= 15 is 0 Å². The predicted octanol–water partition coefficient (Wildman–Crippen LogP) is 0.624. The van der Waals surface area contributed by atoms with E-state index in [1.54, 1.807) is 6.07 Å². The number of H-pyrrole nitrogens is 1. The van der Waals surface area contributed by atoms with Gasteiger partial charge in [-0.2, -0.15) is 0 Å². The fraction of sp³-hybridized carbons (Fsp3) is 0.500. The van der Waals surface area contributed by atoms with Gasteiger partial charge in [0.05, 0.1) is 0 Å². The van der Waals surface area contributed by atoms with Crippen LogP contribution in [0.1, 0.15) is 5.82 Å². The summed E-state index contributed by atoms with van der Waals surface area (Å²) in [6.07, 6.45) is 0. The average Bonchev–Trinajstić information content (AvgIpc) is 1.82. The number of hydrogen-bond acceptors (Lipinski definition) is 2. The van der Waals surface area contributed by atoms with E-state index in [1.807, 2.05) is 6.92 Å². The summed E-state index contributed by atoms with van der Waals surface area (Å²) in [5.74, 6) is 0.726. The van der Waals surface area contributed by atoms with E-state index in [0.717, 1.165) is 9.53 Å². The number of rotatable bonds is 1. The molecular formula is C8H14N2OSn. The zero-order chi connectivity index (χ0) is 9.35. The van der Waals surface area contributed by atoms with Gasteiger partial charge in [-0.1, -0.05) is 0 Å². The van der Waals surface area contributed by atoms with Crippen molar-refractivity contribution in [3.63, 3.8) is 0 Å². The summed E-state index contributed by atoms with van der Waals surface area (Å²) in [5, 5.41) is 0. The zero-order valence-electron chi connectivity index (χ0n) is 7.93. The van der Waals surface area contributed by atoms with Crippen molar-refractivity contribution in [2.75, 3.05) is 0 Å². The second-order valence-corrected chi connectivity index (χ2v) is 18.3. The number of nitrogens with one attached hydrogen (secondary N) is 1. The van der Waals surface area contributed by atoms with Crippen LogP contribution in [0.25, 0.3) is 0 Å². The maximum absolute atomic E-state index is 11.1. The van der Waals surface area contributed by atoms with Gasteiger partial charge >= 0.3 is 76.0 Å². The molecule has 0 saturated carbocycles. The molecule has 0 unspecified atom stereocenters. The number of hydrogen-bond donors (Lipinski definition) is 1. The van der Waals surface area contributed by atoms with E-state index in [0.29, 0.717) is 0 Å². The molecular weight excluding hydrogens is 259 g/mol. The second-order valence-electron chi connectivity index (χ2n) is 3.97. The first-order valence-corrected chi connectivity index (χ1v) is 14.0. The van der Waals surface area contributed by atoms with Gasteiger partial charge in [0.25, 0.3) is 0 Å². The van der Waals surface area contributed by atoms with Crippen LogP contribution in [0.3, 0.4) is 0 Å². The molecule has 66 valence electrons. The van der Waals surface area contributed by atoms with Crippen LogP contribution in [0.4, 0.5) is 0 Å². The van der Waals surface area contributed by atoms with Gasteiger partial charge in [-0.25, -0.2) is 0 Å². The number of nitrogens with zero attached hydrogens (tertiary/aromatic N) is 1. The van der Waals surface area contributed by atoms with Crippen LogP contribution < -0.4 is 9.27 Å². The maximum atomic E-state index is 11.1. The van der Waals surface area contributed by atoms with Crippen LogP contribution >= 0.6 is 0 Å². The molecule has 1 heterocycles. The van der Waals surface area contributed by atoms with E-state index < -0.39 is 18.4 Å². The van der Waals surface area contributed by atoms with Crippen LogP contribution in [-0.2, 0) is 0 Å². The fourth-order valence-corrected chi connectivity index (χ4v) is 4.01. The molecule has 0 spiro atoms. The monoisotopic (exact) mass is 274 g/mol. The molecule has 0 aliphatic rings. The topological polar surface area (TPSA) is 45.8 Å². The molecule has 0 saturated heterocycles. The van der Waals surface area contributed by atoms with Crippen molar-refractivity contribution < 1.29 is 0 Å². The normalized spacial score (nSPS) is 11.7. The Hall–Kier alpha value is -0.321. The molecule has 0 bridgehead atoms. The molecule has 0 radical (unpaired) electrons. The van der Waals surface area contributed by atoms with Gasteiger partial charge in [0.2, 0.25) is 0 Å². The quantitative estimate of drug-likeness (QED) is 0.762. The van der Waals surface area contributed by atoms with Gasteiger partial charge in [0.15, 0.2) is 0 Å². The summed E-state index contributed by atoms with van der Waals surface area (Å²) in [6, 6.07) is 1.64. The molecule has 1 rings (SSSR count). The molecule has 1 N–H and O–H groups in total. The second kappa shape index (κ2) is 3.20. The standard InChI is InChI=1S/C5H5N2O.3CH3.Sn/c1-4-6-3-2-5(8)7-4;;;;/h2H,1H3,(H,6,7,8);3*1H3;. The number of aromatic nitrogens is 2. The van der Waals surface area contributed by atoms with Crippen molar-refractivity contribution in [1.82, 2.24) is 9.97 Å². The molecule has 1 aromatic heterocycles. The third kappa shape index (κ3) is 2.33. The van der Waals surface area contributed by atoms with Gasteiger partial charge in [-0.3, -0.25) is 0 Å². The van der Waals surface area contributed by atoms with Crippen LogP contribution in [0.5, 0.6) is 0 Å². The van der Waals surface area contributed by atoms with E-state index in [4.69, 9.17) is 0 Å². The van der Waals surface area contributed by atoms with E-state index in [1.165, 1.54) is 0 Å². The summed E-state index contributed by atoms with van der Waals surface area (Å²) in [4.78, 5) is 24.8.